The largest absolute Gasteiger partial charge is 0.375 e. The molecule has 2 fully saturated rings. The van der Waals surface area contributed by atoms with E-state index in [0.29, 0.717) is 29.9 Å². The fraction of sp³-hybridized carbons (Fsp3) is 0.462. The van der Waals surface area contributed by atoms with Crippen LogP contribution >= 0.6 is 0 Å². The first-order chi connectivity index (χ1) is 15.6. The smallest absolute Gasteiger partial charge is 0.253 e. The molecule has 2 amide bonds. The normalized spacial score (nSPS) is 19.8. The number of nitrogens with one attached hydrogen (secondary N) is 1. The van der Waals surface area contributed by atoms with Crippen molar-refractivity contribution in [2.24, 2.45) is 0 Å². The second-order valence-electron chi connectivity index (χ2n) is 8.82. The summed E-state index contributed by atoms with van der Waals surface area (Å²) >= 11 is 0. The van der Waals surface area contributed by atoms with Crippen molar-refractivity contribution in [1.29, 1.82) is 0 Å². The summed E-state index contributed by atoms with van der Waals surface area (Å²) in [5, 5.41) is 2.74. The van der Waals surface area contributed by atoms with E-state index in [9.17, 15) is 9.59 Å². The quantitative estimate of drug-likeness (QED) is 0.716. The highest BCUT2D eigenvalue weighted by molar-refractivity contribution is 5.95. The average Bonchev–Trinajstić information content (AvgIpc) is 3.28. The van der Waals surface area contributed by atoms with Gasteiger partial charge in [0.1, 0.15) is 0 Å². The van der Waals surface area contributed by atoms with Gasteiger partial charge in [-0.15, -0.1) is 0 Å². The van der Waals surface area contributed by atoms with Crippen LogP contribution < -0.4 is 5.32 Å². The summed E-state index contributed by atoms with van der Waals surface area (Å²) in [5.74, 6) is -0.0428. The Hall–Kier alpha value is -2.70. The minimum Gasteiger partial charge on any atom is -0.375 e. The number of hydrogen-bond acceptors (Lipinski definition) is 4. The van der Waals surface area contributed by atoms with Crippen molar-refractivity contribution in [2.45, 2.75) is 51.3 Å². The van der Waals surface area contributed by atoms with Crippen molar-refractivity contribution in [3.63, 3.8) is 0 Å². The van der Waals surface area contributed by atoms with Crippen LogP contribution in [-0.4, -0.2) is 59.9 Å². The lowest BCUT2D eigenvalue weighted by Crippen LogP contribution is -2.49. The molecule has 0 aliphatic carbocycles. The van der Waals surface area contributed by atoms with Crippen molar-refractivity contribution in [2.75, 3.05) is 31.6 Å². The van der Waals surface area contributed by atoms with Crippen LogP contribution in [0.2, 0.25) is 0 Å². The summed E-state index contributed by atoms with van der Waals surface area (Å²) in [6.45, 7) is 5.61. The number of carbonyl (C=O) groups excluding carboxylic acids is 2. The predicted molar refractivity (Wildman–Crippen MR) is 125 cm³/mol. The van der Waals surface area contributed by atoms with Crippen LogP contribution in [0.4, 0.5) is 5.69 Å². The molecule has 2 saturated heterocycles. The zero-order chi connectivity index (χ0) is 22.3. The van der Waals surface area contributed by atoms with E-state index in [-0.39, 0.29) is 11.8 Å². The highest BCUT2D eigenvalue weighted by Crippen LogP contribution is 2.27. The molecule has 0 radical (unpaired) electrons. The van der Waals surface area contributed by atoms with E-state index < -0.39 is 0 Å². The van der Waals surface area contributed by atoms with E-state index in [1.165, 1.54) is 25.3 Å². The topological polar surface area (TPSA) is 61.9 Å². The van der Waals surface area contributed by atoms with Gasteiger partial charge in [0, 0.05) is 43.3 Å². The molecule has 170 valence electrons. The van der Waals surface area contributed by atoms with Crippen molar-refractivity contribution < 1.29 is 14.3 Å². The molecular formula is C26H33N3O3. The molecule has 2 aromatic rings. The third-order valence-corrected chi connectivity index (χ3v) is 6.52. The summed E-state index contributed by atoms with van der Waals surface area (Å²) in [4.78, 5) is 28.7. The number of hydrogen-bond donors (Lipinski definition) is 1. The monoisotopic (exact) mass is 435 g/mol. The molecule has 2 aromatic carbocycles. The maximum Gasteiger partial charge on any atom is 0.253 e. The fourth-order valence-corrected chi connectivity index (χ4v) is 4.89. The molecular weight excluding hydrogens is 402 g/mol. The standard InChI is InChI=1S/C26H33N3O3/c1-20(30)27-23-11-9-22(10-12-23)26(31)28-16-13-24(14-17-28)29-15-5-8-25(29)19-32-18-21-6-3-2-4-7-21/h2-4,6-7,9-12,24-25H,5,8,13-19H2,1H3,(H,27,30). The SMILES string of the molecule is CC(=O)Nc1ccc(C(=O)N2CCC(N3CCCC3COCc3ccccc3)CC2)cc1. The van der Waals surface area contributed by atoms with Crippen molar-refractivity contribution in [1.82, 2.24) is 9.80 Å². The molecule has 4 rings (SSSR count). The van der Waals surface area contributed by atoms with Gasteiger partial charge in [0.25, 0.3) is 5.91 Å². The Morgan fingerprint density at radius 2 is 1.69 bits per heavy atom. The van der Waals surface area contributed by atoms with Crippen LogP contribution in [0.5, 0.6) is 0 Å². The molecule has 2 aliphatic rings. The molecule has 0 bridgehead atoms. The first-order valence-electron chi connectivity index (χ1n) is 11.6. The molecule has 0 spiro atoms. The highest BCUT2D eigenvalue weighted by Gasteiger charge is 2.34. The summed E-state index contributed by atoms with van der Waals surface area (Å²) in [6, 6.07) is 18.5. The van der Waals surface area contributed by atoms with Crippen LogP contribution in [0, 0.1) is 0 Å². The lowest BCUT2D eigenvalue weighted by molar-refractivity contribution is -0.114. The molecule has 6 heteroatoms. The Balaban J connectivity index is 1.25. The van der Waals surface area contributed by atoms with E-state index in [4.69, 9.17) is 4.74 Å². The number of rotatable bonds is 7. The van der Waals surface area contributed by atoms with Crippen LogP contribution in [0.15, 0.2) is 54.6 Å². The second kappa shape index (κ2) is 10.7. The third-order valence-electron chi connectivity index (χ3n) is 6.52. The number of anilines is 1. The molecule has 6 nitrogen and oxygen atoms in total. The number of amides is 2. The Morgan fingerprint density at radius 1 is 0.969 bits per heavy atom. The number of likely N-dealkylation sites (tertiary alicyclic amines) is 2. The van der Waals surface area contributed by atoms with E-state index in [1.807, 2.05) is 23.1 Å². The van der Waals surface area contributed by atoms with Crippen molar-refractivity contribution >= 4 is 17.5 Å². The van der Waals surface area contributed by atoms with Gasteiger partial charge < -0.3 is 15.0 Å². The van der Waals surface area contributed by atoms with E-state index in [1.54, 1.807) is 24.3 Å². The minimum absolute atomic E-state index is 0.0713. The molecule has 0 saturated carbocycles. The number of piperidine rings is 1. The Kier molecular flexibility index (Phi) is 7.55. The predicted octanol–water partition coefficient (Wildman–Crippen LogP) is 3.93. The van der Waals surface area contributed by atoms with Crippen LogP contribution in [-0.2, 0) is 16.1 Å². The molecule has 1 unspecified atom stereocenters. The highest BCUT2D eigenvalue weighted by atomic mass is 16.5. The van der Waals surface area contributed by atoms with Gasteiger partial charge in [0.15, 0.2) is 0 Å². The second-order valence-corrected chi connectivity index (χ2v) is 8.82. The van der Waals surface area contributed by atoms with Crippen LogP contribution in [0.25, 0.3) is 0 Å². The van der Waals surface area contributed by atoms with E-state index >= 15 is 0 Å². The molecule has 2 heterocycles. The molecule has 1 N–H and O–H groups in total. The van der Waals surface area contributed by atoms with E-state index in [0.717, 1.165) is 39.1 Å². The third kappa shape index (κ3) is 5.75. The number of benzene rings is 2. The first-order valence-corrected chi connectivity index (χ1v) is 11.6. The van der Waals surface area contributed by atoms with E-state index in [2.05, 4.69) is 22.3 Å². The molecule has 1 atom stereocenters. The zero-order valence-electron chi connectivity index (χ0n) is 18.8. The minimum atomic E-state index is -0.114. The lowest BCUT2D eigenvalue weighted by Gasteiger charge is -2.39. The number of ether oxygens (including phenoxy) is 1. The van der Waals surface area contributed by atoms with Gasteiger partial charge in [-0.05, 0) is 62.1 Å². The fourth-order valence-electron chi connectivity index (χ4n) is 4.89. The summed E-state index contributed by atoms with van der Waals surface area (Å²) in [6.07, 6.45) is 4.42. The van der Waals surface area contributed by atoms with Crippen LogP contribution in [0.3, 0.4) is 0 Å². The summed E-state index contributed by atoms with van der Waals surface area (Å²) in [5.41, 5.74) is 2.60. The van der Waals surface area contributed by atoms with Gasteiger partial charge in [0.2, 0.25) is 5.91 Å². The number of nitrogens with zero attached hydrogens (tertiary/aromatic N) is 2. The molecule has 32 heavy (non-hydrogen) atoms. The van der Waals surface area contributed by atoms with Crippen molar-refractivity contribution in [3.05, 3.63) is 65.7 Å². The van der Waals surface area contributed by atoms with Gasteiger partial charge >= 0.3 is 0 Å². The summed E-state index contributed by atoms with van der Waals surface area (Å²) < 4.78 is 6.04. The van der Waals surface area contributed by atoms with Gasteiger partial charge in [-0.1, -0.05) is 30.3 Å². The molecule has 0 aromatic heterocycles. The Bertz CT molecular complexity index is 892. The van der Waals surface area contributed by atoms with Gasteiger partial charge in [-0.25, -0.2) is 0 Å². The molecule has 2 aliphatic heterocycles. The zero-order valence-corrected chi connectivity index (χ0v) is 18.8. The average molecular weight is 436 g/mol. The Labute approximate surface area is 190 Å². The maximum absolute atomic E-state index is 12.9. The van der Waals surface area contributed by atoms with Gasteiger partial charge in [-0.2, -0.15) is 0 Å². The first kappa shape index (κ1) is 22.5. The Morgan fingerprint density at radius 3 is 2.38 bits per heavy atom. The lowest BCUT2D eigenvalue weighted by atomic mass is 10.0. The van der Waals surface area contributed by atoms with Crippen molar-refractivity contribution in [3.8, 4) is 0 Å². The number of carbonyl (C=O) groups is 2. The summed E-state index contributed by atoms with van der Waals surface area (Å²) in [7, 11) is 0. The van der Waals surface area contributed by atoms with Crippen LogP contribution in [0.1, 0.15) is 48.5 Å². The van der Waals surface area contributed by atoms with Gasteiger partial charge in [-0.3, -0.25) is 14.5 Å². The van der Waals surface area contributed by atoms with Gasteiger partial charge in [0.05, 0.1) is 13.2 Å². The maximum atomic E-state index is 12.9.